The first-order chi connectivity index (χ1) is 15.2. The van der Waals surface area contributed by atoms with Crippen LogP contribution in [0.1, 0.15) is 29.8 Å². The monoisotopic (exact) mass is 448 g/mol. The third kappa shape index (κ3) is 4.92. The molecule has 1 heterocycles. The lowest BCUT2D eigenvalue weighted by Crippen LogP contribution is -2.30. The summed E-state index contributed by atoms with van der Waals surface area (Å²) in [5.74, 6) is 1.69. The van der Waals surface area contributed by atoms with Gasteiger partial charge in [-0.05, 0) is 54.6 Å². The highest BCUT2D eigenvalue weighted by Gasteiger charge is 2.22. The third-order valence-electron chi connectivity index (χ3n) is 4.74. The van der Waals surface area contributed by atoms with Crippen molar-refractivity contribution < 1.29 is 9.53 Å². The largest absolute Gasteiger partial charge is 0.492 e. The smallest absolute Gasteiger partial charge is 0.260 e. The highest BCUT2D eigenvalue weighted by Crippen LogP contribution is 2.35. The van der Waals surface area contributed by atoms with Gasteiger partial charge in [-0.15, -0.1) is 11.8 Å². The van der Waals surface area contributed by atoms with E-state index in [0.29, 0.717) is 23.8 Å². The zero-order valence-electron chi connectivity index (χ0n) is 17.6. The number of amides is 1. The summed E-state index contributed by atoms with van der Waals surface area (Å²) in [5, 5.41) is 0.669. The molecule has 1 aromatic heterocycles. The highest BCUT2D eigenvalue weighted by atomic mass is 32.2. The summed E-state index contributed by atoms with van der Waals surface area (Å²) in [5.41, 5.74) is 2.50. The Morgan fingerprint density at radius 1 is 1.00 bits per heavy atom. The number of thiazole rings is 1. The van der Waals surface area contributed by atoms with Gasteiger partial charge in [0.15, 0.2) is 5.13 Å². The number of hydrogen-bond acceptors (Lipinski definition) is 5. The molecule has 4 nitrogen and oxygen atoms in total. The van der Waals surface area contributed by atoms with Crippen molar-refractivity contribution in [3.8, 4) is 5.75 Å². The minimum absolute atomic E-state index is 0.0612. The number of carbonyl (C=O) groups excluding carboxylic acids is 1. The molecule has 0 unspecified atom stereocenters. The van der Waals surface area contributed by atoms with Crippen molar-refractivity contribution in [2.24, 2.45) is 0 Å². The minimum atomic E-state index is -0.0612. The van der Waals surface area contributed by atoms with Gasteiger partial charge in [0.05, 0.1) is 17.9 Å². The fourth-order valence-corrected chi connectivity index (χ4v) is 4.95. The van der Waals surface area contributed by atoms with Gasteiger partial charge in [0.25, 0.3) is 5.91 Å². The van der Waals surface area contributed by atoms with E-state index in [1.807, 2.05) is 79.7 Å². The van der Waals surface area contributed by atoms with Gasteiger partial charge in [-0.1, -0.05) is 54.7 Å². The summed E-state index contributed by atoms with van der Waals surface area (Å²) in [6.45, 7) is 5.10. The van der Waals surface area contributed by atoms with Crippen LogP contribution in [0.25, 0.3) is 10.2 Å². The Morgan fingerprint density at radius 3 is 2.48 bits per heavy atom. The summed E-state index contributed by atoms with van der Waals surface area (Å²) in [6, 6.07) is 23.7. The molecule has 4 rings (SSSR count). The summed E-state index contributed by atoms with van der Waals surface area (Å²) in [4.78, 5) is 21.3. The fraction of sp³-hybridized carbons (Fsp3) is 0.200. The Hall–Kier alpha value is -2.83. The van der Waals surface area contributed by atoms with Gasteiger partial charge >= 0.3 is 0 Å². The number of fused-ring (bicyclic) bond motifs is 1. The third-order valence-corrected chi connectivity index (χ3v) is 6.68. The molecule has 158 valence electrons. The standard InChI is InChI=1S/C25H24N2O2S2/c1-3-29-21-11-8-12-22-23(21)26-25(31-22)27(17-18-9-6-5-7-10-18)24(28)19-13-15-20(16-14-19)30-4-2/h5-16H,3-4,17H2,1-2H3. The van der Waals surface area contributed by atoms with E-state index in [1.165, 1.54) is 11.3 Å². The van der Waals surface area contributed by atoms with Gasteiger partial charge in [0.2, 0.25) is 0 Å². The number of carbonyl (C=O) groups is 1. The van der Waals surface area contributed by atoms with Gasteiger partial charge in [0.1, 0.15) is 11.3 Å². The van der Waals surface area contributed by atoms with Crippen molar-refractivity contribution in [2.75, 3.05) is 17.3 Å². The molecule has 0 bridgehead atoms. The van der Waals surface area contributed by atoms with E-state index >= 15 is 0 Å². The van der Waals surface area contributed by atoms with Crippen molar-refractivity contribution in [3.63, 3.8) is 0 Å². The summed E-state index contributed by atoms with van der Waals surface area (Å²) < 4.78 is 6.75. The SMILES string of the molecule is CCOc1cccc2sc(N(Cc3ccccc3)C(=O)c3ccc(SCC)cc3)nc12. The number of rotatable bonds is 8. The van der Waals surface area contributed by atoms with E-state index < -0.39 is 0 Å². The van der Waals surface area contributed by atoms with E-state index in [9.17, 15) is 4.79 Å². The lowest BCUT2D eigenvalue weighted by Gasteiger charge is -2.20. The average molecular weight is 449 g/mol. The zero-order valence-corrected chi connectivity index (χ0v) is 19.2. The highest BCUT2D eigenvalue weighted by molar-refractivity contribution is 7.99. The van der Waals surface area contributed by atoms with Gasteiger partial charge in [0, 0.05) is 10.5 Å². The maximum Gasteiger partial charge on any atom is 0.260 e. The maximum absolute atomic E-state index is 13.6. The first-order valence-corrected chi connectivity index (χ1v) is 12.1. The van der Waals surface area contributed by atoms with E-state index in [0.717, 1.165) is 32.2 Å². The molecule has 31 heavy (non-hydrogen) atoms. The molecule has 1 amide bonds. The maximum atomic E-state index is 13.6. The van der Waals surface area contributed by atoms with Gasteiger partial charge < -0.3 is 4.74 Å². The first kappa shape index (κ1) is 21.4. The van der Waals surface area contributed by atoms with Crippen molar-refractivity contribution in [2.45, 2.75) is 25.3 Å². The number of nitrogens with zero attached hydrogens (tertiary/aromatic N) is 2. The molecule has 0 atom stereocenters. The summed E-state index contributed by atoms with van der Waals surface area (Å²) in [7, 11) is 0. The van der Waals surface area contributed by atoms with E-state index in [-0.39, 0.29) is 5.91 Å². The zero-order chi connectivity index (χ0) is 21.6. The van der Waals surface area contributed by atoms with E-state index in [1.54, 1.807) is 16.7 Å². The molecule has 3 aromatic carbocycles. The van der Waals surface area contributed by atoms with Crippen LogP contribution < -0.4 is 9.64 Å². The van der Waals surface area contributed by atoms with Crippen LogP contribution in [0.3, 0.4) is 0 Å². The van der Waals surface area contributed by atoms with Gasteiger partial charge in [-0.3, -0.25) is 9.69 Å². The molecule has 0 saturated carbocycles. The Kier molecular flexibility index (Phi) is 6.89. The number of benzene rings is 3. The number of anilines is 1. The van der Waals surface area contributed by atoms with Crippen LogP contribution in [-0.2, 0) is 6.54 Å². The Balaban J connectivity index is 1.73. The second kappa shape index (κ2) is 9.98. The van der Waals surface area contributed by atoms with Gasteiger partial charge in [-0.25, -0.2) is 4.98 Å². The van der Waals surface area contributed by atoms with Crippen LogP contribution in [0.2, 0.25) is 0 Å². The number of para-hydroxylation sites is 1. The molecule has 0 aliphatic carbocycles. The first-order valence-electron chi connectivity index (χ1n) is 10.3. The molecule has 0 aliphatic heterocycles. The molecule has 6 heteroatoms. The van der Waals surface area contributed by atoms with Crippen LogP contribution in [0, 0.1) is 0 Å². The lowest BCUT2D eigenvalue weighted by molar-refractivity contribution is 0.0985. The normalized spacial score (nSPS) is 10.9. The molecule has 0 aliphatic rings. The Morgan fingerprint density at radius 2 is 1.77 bits per heavy atom. The number of thioether (sulfide) groups is 1. The van der Waals surface area contributed by atoms with E-state index in [4.69, 9.17) is 9.72 Å². The van der Waals surface area contributed by atoms with E-state index in [2.05, 4.69) is 6.92 Å². The average Bonchev–Trinajstić information content (AvgIpc) is 3.24. The van der Waals surface area contributed by atoms with Crippen molar-refractivity contribution in [3.05, 3.63) is 83.9 Å². The number of hydrogen-bond donors (Lipinski definition) is 0. The minimum Gasteiger partial charge on any atom is -0.492 e. The summed E-state index contributed by atoms with van der Waals surface area (Å²) in [6.07, 6.45) is 0. The number of aromatic nitrogens is 1. The van der Waals surface area contributed by atoms with Crippen molar-refractivity contribution in [1.29, 1.82) is 0 Å². The van der Waals surface area contributed by atoms with Crippen LogP contribution in [0.15, 0.2) is 77.7 Å². The van der Waals surface area contributed by atoms with Crippen LogP contribution >= 0.6 is 23.1 Å². The second-order valence-corrected chi connectivity index (χ2v) is 9.21. The number of ether oxygens (including phenoxy) is 1. The lowest BCUT2D eigenvalue weighted by atomic mass is 10.1. The fourth-order valence-electron chi connectivity index (χ4n) is 3.31. The Bertz CT molecular complexity index is 1160. The predicted octanol–water partition coefficient (Wildman–Crippen LogP) is 6.65. The molecule has 0 fully saturated rings. The Labute approximate surface area is 190 Å². The molecular weight excluding hydrogens is 424 g/mol. The van der Waals surface area contributed by atoms with Crippen molar-refractivity contribution in [1.82, 2.24) is 4.98 Å². The predicted molar refractivity (Wildman–Crippen MR) is 131 cm³/mol. The van der Waals surface area contributed by atoms with Gasteiger partial charge in [-0.2, -0.15) is 0 Å². The molecule has 0 N–H and O–H groups in total. The molecule has 4 aromatic rings. The quantitative estimate of drug-likeness (QED) is 0.283. The molecule has 0 radical (unpaired) electrons. The van der Waals surface area contributed by atoms with Crippen molar-refractivity contribution >= 4 is 44.4 Å². The topological polar surface area (TPSA) is 42.4 Å². The second-order valence-electron chi connectivity index (χ2n) is 6.87. The molecule has 0 spiro atoms. The molecular formula is C25H24N2O2S2. The molecule has 0 saturated heterocycles. The van der Waals surface area contributed by atoms with Crippen LogP contribution in [0.5, 0.6) is 5.75 Å². The van der Waals surface area contributed by atoms with Crippen LogP contribution in [-0.4, -0.2) is 23.3 Å². The van der Waals surface area contributed by atoms with Crippen LogP contribution in [0.4, 0.5) is 5.13 Å². The summed E-state index contributed by atoms with van der Waals surface area (Å²) >= 11 is 3.27.